The van der Waals surface area contributed by atoms with Crippen LogP contribution in [-0.2, 0) is 14.4 Å². The molecule has 1 fully saturated rings. The van der Waals surface area contributed by atoms with E-state index in [4.69, 9.17) is 15.2 Å². The van der Waals surface area contributed by atoms with Gasteiger partial charge in [-0.2, -0.15) is 0 Å². The number of carbonyl (C=O) groups is 3. The summed E-state index contributed by atoms with van der Waals surface area (Å²) in [6.45, 7) is 2.47. The highest BCUT2D eigenvalue weighted by atomic mass is 16.5. The number of ether oxygens (including phenoxy) is 2. The lowest BCUT2D eigenvalue weighted by Gasteiger charge is -2.28. The Morgan fingerprint density at radius 2 is 1.75 bits per heavy atom. The van der Waals surface area contributed by atoms with E-state index in [1.54, 1.807) is 31.4 Å². The van der Waals surface area contributed by atoms with Crippen LogP contribution in [0, 0.1) is 5.92 Å². The number of hydrogen-bond acceptors (Lipinski definition) is 5. The van der Waals surface area contributed by atoms with Crippen LogP contribution >= 0.6 is 0 Å². The zero-order valence-electron chi connectivity index (χ0n) is 18.4. The molecule has 0 aromatic heterocycles. The lowest BCUT2D eigenvalue weighted by Crippen LogP contribution is -2.33. The Morgan fingerprint density at radius 3 is 2.34 bits per heavy atom. The molecule has 0 aliphatic carbocycles. The van der Waals surface area contributed by atoms with Crippen LogP contribution in [0.3, 0.4) is 0 Å². The Kier molecular flexibility index (Phi) is 7.70. The smallest absolute Gasteiger partial charge is 0.255 e. The molecule has 3 rings (SSSR count). The van der Waals surface area contributed by atoms with Crippen molar-refractivity contribution in [3.63, 3.8) is 0 Å². The van der Waals surface area contributed by atoms with Crippen LogP contribution in [0.25, 0.3) is 0 Å². The SMILES string of the molecule is CCCCN1C(=O)CC(C(=O)Nc2ccc(OCC(N)=O)cc2)C1c1ccc(OC)cc1. The van der Waals surface area contributed by atoms with Gasteiger partial charge in [-0.05, 0) is 48.4 Å². The molecule has 2 atom stereocenters. The van der Waals surface area contributed by atoms with Crippen LogP contribution in [0.5, 0.6) is 11.5 Å². The molecule has 1 heterocycles. The predicted octanol–water partition coefficient (Wildman–Crippen LogP) is 2.89. The number of primary amides is 1. The van der Waals surface area contributed by atoms with Gasteiger partial charge in [0.25, 0.3) is 5.91 Å². The van der Waals surface area contributed by atoms with Crippen molar-refractivity contribution >= 4 is 23.4 Å². The van der Waals surface area contributed by atoms with Crippen LogP contribution in [0.1, 0.15) is 37.8 Å². The van der Waals surface area contributed by atoms with Gasteiger partial charge in [0.2, 0.25) is 11.8 Å². The maximum Gasteiger partial charge on any atom is 0.255 e. The number of anilines is 1. The fraction of sp³-hybridized carbons (Fsp3) is 0.375. The monoisotopic (exact) mass is 439 g/mol. The summed E-state index contributed by atoms with van der Waals surface area (Å²) in [6, 6.07) is 13.8. The lowest BCUT2D eigenvalue weighted by molar-refractivity contribution is -0.129. The summed E-state index contributed by atoms with van der Waals surface area (Å²) >= 11 is 0. The van der Waals surface area contributed by atoms with Gasteiger partial charge in [0, 0.05) is 18.7 Å². The van der Waals surface area contributed by atoms with Crippen LogP contribution in [0.2, 0.25) is 0 Å². The number of methoxy groups -OCH3 is 1. The number of amides is 3. The van der Waals surface area contributed by atoms with Gasteiger partial charge in [-0.15, -0.1) is 0 Å². The van der Waals surface area contributed by atoms with E-state index in [1.807, 2.05) is 29.2 Å². The predicted molar refractivity (Wildman–Crippen MR) is 120 cm³/mol. The Labute approximate surface area is 187 Å². The van der Waals surface area contributed by atoms with E-state index in [-0.39, 0.29) is 30.9 Å². The van der Waals surface area contributed by atoms with Crippen molar-refractivity contribution in [2.24, 2.45) is 11.7 Å². The van der Waals surface area contributed by atoms with Crippen molar-refractivity contribution in [3.05, 3.63) is 54.1 Å². The maximum absolute atomic E-state index is 13.2. The lowest BCUT2D eigenvalue weighted by atomic mass is 9.92. The normalized spacial score (nSPS) is 17.8. The molecule has 3 amide bonds. The molecule has 2 aromatic carbocycles. The average Bonchev–Trinajstić information content (AvgIpc) is 3.13. The summed E-state index contributed by atoms with van der Waals surface area (Å²) < 4.78 is 10.5. The third kappa shape index (κ3) is 5.57. The largest absolute Gasteiger partial charge is 0.497 e. The highest BCUT2D eigenvalue weighted by Crippen LogP contribution is 2.39. The molecule has 0 saturated carbocycles. The topological polar surface area (TPSA) is 111 Å². The van der Waals surface area contributed by atoms with Crippen molar-refractivity contribution in [2.75, 3.05) is 25.6 Å². The van der Waals surface area contributed by atoms with Crippen LogP contribution in [0.15, 0.2) is 48.5 Å². The summed E-state index contributed by atoms with van der Waals surface area (Å²) in [7, 11) is 1.60. The van der Waals surface area contributed by atoms with Crippen LogP contribution < -0.4 is 20.5 Å². The second-order valence-corrected chi connectivity index (χ2v) is 7.74. The van der Waals surface area contributed by atoms with E-state index in [0.29, 0.717) is 18.0 Å². The molecule has 2 aromatic rings. The average molecular weight is 440 g/mol. The number of nitrogens with two attached hydrogens (primary N) is 1. The van der Waals surface area contributed by atoms with Gasteiger partial charge in [-0.25, -0.2) is 0 Å². The molecule has 170 valence electrons. The molecule has 1 saturated heterocycles. The highest BCUT2D eigenvalue weighted by molar-refractivity contribution is 5.98. The molecule has 1 aliphatic heterocycles. The van der Waals surface area contributed by atoms with Gasteiger partial charge in [-0.1, -0.05) is 25.5 Å². The standard InChI is InChI=1S/C24H29N3O5/c1-3-4-13-27-22(29)14-20(23(27)16-5-9-18(31-2)10-6-16)24(30)26-17-7-11-19(12-8-17)32-15-21(25)28/h5-12,20,23H,3-4,13-15H2,1-2H3,(H2,25,28)(H,26,30). The van der Waals surface area contributed by atoms with E-state index < -0.39 is 11.8 Å². The molecule has 0 bridgehead atoms. The number of rotatable bonds is 10. The Balaban J connectivity index is 1.77. The third-order valence-electron chi connectivity index (χ3n) is 5.48. The fourth-order valence-electron chi connectivity index (χ4n) is 3.85. The molecular formula is C24H29N3O5. The molecule has 2 unspecified atom stereocenters. The van der Waals surface area contributed by atoms with Gasteiger partial charge in [0.05, 0.1) is 19.1 Å². The Bertz CT molecular complexity index is 943. The molecule has 1 aliphatic rings. The van der Waals surface area contributed by atoms with Gasteiger partial charge < -0.3 is 25.4 Å². The summed E-state index contributed by atoms with van der Waals surface area (Å²) in [4.78, 5) is 38.6. The van der Waals surface area contributed by atoms with Gasteiger partial charge in [0.15, 0.2) is 6.61 Å². The third-order valence-corrected chi connectivity index (χ3v) is 5.48. The van der Waals surface area contributed by atoms with Gasteiger partial charge >= 0.3 is 0 Å². The number of nitrogens with zero attached hydrogens (tertiary/aromatic N) is 1. The van der Waals surface area contributed by atoms with E-state index in [9.17, 15) is 14.4 Å². The van der Waals surface area contributed by atoms with Crippen molar-refractivity contribution in [3.8, 4) is 11.5 Å². The maximum atomic E-state index is 13.2. The van der Waals surface area contributed by atoms with Gasteiger partial charge in [0.1, 0.15) is 11.5 Å². The molecule has 8 heteroatoms. The van der Waals surface area contributed by atoms with E-state index in [1.165, 1.54) is 0 Å². The van der Waals surface area contributed by atoms with Crippen molar-refractivity contribution in [1.29, 1.82) is 0 Å². The number of likely N-dealkylation sites (tertiary alicyclic amines) is 1. The van der Waals surface area contributed by atoms with E-state index in [0.717, 1.165) is 24.2 Å². The first-order valence-corrected chi connectivity index (χ1v) is 10.7. The highest BCUT2D eigenvalue weighted by Gasteiger charge is 2.44. The zero-order valence-corrected chi connectivity index (χ0v) is 18.4. The summed E-state index contributed by atoms with van der Waals surface area (Å²) in [5.41, 5.74) is 6.56. The minimum absolute atomic E-state index is 0.0189. The quantitative estimate of drug-likeness (QED) is 0.591. The number of unbranched alkanes of at least 4 members (excludes halogenated alkanes) is 1. The Hall–Kier alpha value is -3.55. The molecule has 8 nitrogen and oxygen atoms in total. The second-order valence-electron chi connectivity index (χ2n) is 7.74. The summed E-state index contributed by atoms with van der Waals surface area (Å²) in [5.74, 6) is -0.125. The number of nitrogens with one attached hydrogen (secondary N) is 1. The first-order valence-electron chi connectivity index (χ1n) is 10.7. The molecule has 0 radical (unpaired) electrons. The van der Waals surface area contributed by atoms with Crippen molar-refractivity contribution < 1.29 is 23.9 Å². The first kappa shape index (κ1) is 23.1. The first-order chi connectivity index (χ1) is 15.4. The van der Waals surface area contributed by atoms with Crippen molar-refractivity contribution in [2.45, 2.75) is 32.2 Å². The van der Waals surface area contributed by atoms with Crippen molar-refractivity contribution in [1.82, 2.24) is 4.90 Å². The van der Waals surface area contributed by atoms with Crippen LogP contribution in [-0.4, -0.2) is 42.9 Å². The molecular weight excluding hydrogens is 410 g/mol. The van der Waals surface area contributed by atoms with Gasteiger partial charge in [-0.3, -0.25) is 14.4 Å². The molecule has 3 N–H and O–H groups in total. The van der Waals surface area contributed by atoms with E-state index in [2.05, 4.69) is 12.2 Å². The summed E-state index contributed by atoms with van der Waals surface area (Å²) in [5, 5.41) is 2.91. The fourth-order valence-corrected chi connectivity index (χ4v) is 3.85. The summed E-state index contributed by atoms with van der Waals surface area (Å²) in [6.07, 6.45) is 1.99. The minimum atomic E-state index is -0.564. The number of carbonyl (C=O) groups excluding carboxylic acids is 3. The van der Waals surface area contributed by atoms with Crippen LogP contribution in [0.4, 0.5) is 5.69 Å². The van der Waals surface area contributed by atoms with E-state index >= 15 is 0 Å². The second kappa shape index (κ2) is 10.7. The number of hydrogen-bond donors (Lipinski definition) is 2. The molecule has 0 spiro atoms. The molecule has 32 heavy (non-hydrogen) atoms. The number of benzene rings is 2. The minimum Gasteiger partial charge on any atom is -0.497 e. The zero-order chi connectivity index (χ0) is 23.1. The Morgan fingerprint density at radius 1 is 1.09 bits per heavy atom.